The first-order valence-corrected chi connectivity index (χ1v) is 5.17. The molecule has 1 aliphatic carbocycles. The zero-order valence-corrected chi connectivity index (χ0v) is 8.39. The monoisotopic (exact) mass is 196 g/mol. The Hall–Kier alpha value is -1.06. The molecule has 3 unspecified atom stereocenters. The molecular weight excluding hydrogens is 180 g/mol. The Morgan fingerprint density at radius 2 is 2.43 bits per heavy atom. The second kappa shape index (κ2) is 3.59. The summed E-state index contributed by atoms with van der Waals surface area (Å²) in [6, 6.07) is 0.333. The summed E-state index contributed by atoms with van der Waals surface area (Å²) in [5.41, 5.74) is 0. The molecule has 1 aliphatic heterocycles. The Balaban J connectivity index is 2.06. The Bertz CT molecular complexity index is 265. The van der Waals surface area contributed by atoms with E-state index in [0.717, 1.165) is 19.3 Å². The fraction of sp³-hybridized carbons (Fsp3) is 0.800. The fourth-order valence-electron chi connectivity index (χ4n) is 2.77. The molecule has 4 heteroatoms. The summed E-state index contributed by atoms with van der Waals surface area (Å²) < 4.78 is 0. The first-order chi connectivity index (χ1) is 6.68. The molecule has 0 bridgehead atoms. The van der Waals surface area contributed by atoms with Crippen LogP contribution >= 0.6 is 0 Å². The molecule has 14 heavy (non-hydrogen) atoms. The summed E-state index contributed by atoms with van der Waals surface area (Å²) in [6.07, 6.45) is 5.60. The lowest BCUT2D eigenvalue weighted by Crippen LogP contribution is -2.40. The van der Waals surface area contributed by atoms with Crippen LogP contribution in [0.5, 0.6) is 0 Å². The molecule has 1 saturated carbocycles. The van der Waals surface area contributed by atoms with E-state index >= 15 is 0 Å². The summed E-state index contributed by atoms with van der Waals surface area (Å²) in [4.78, 5) is 10.7. The third kappa shape index (κ3) is 1.61. The van der Waals surface area contributed by atoms with Crippen LogP contribution in [0.2, 0.25) is 0 Å². The number of nitrogens with zero attached hydrogens (tertiary/aromatic N) is 2. The predicted molar refractivity (Wildman–Crippen MR) is 53.1 cm³/mol. The quantitative estimate of drug-likeness (QED) is 0.721. The minimum atomic E-state index is -0.684. The van der Waals surface area contributed by atoms with Crippen LogP contribution in [0.1, 0.15) is 25.7 Å². The molecule has 3 atom stereocenters. The largest absolute Gasteiger partial charge is 0.481 e. The van der Waals surface area contributed by atoms with Crippen molar-refractivity contribution >= 4 is 12.2 Å². The zero-order chi connectivity index (χ0) is 10.1. The van der Waals surface area contributed by atoms with Crippen molar-refractivity contribution < 1.29 is 9.90 Å². The number of carboxylic acid groups (broad SMARTS) is 1. The van der Waals surface area contributed by atoms with Gasteiger partial charge in [-0.2, -0.15) is 5.10 Å². The van der Waals surface area contributed by atoms with Gasteiger partial charge in [0.2, 0.25) is 0 Å². The van der Waals surface area contributed by atoms with E-state index in [1.807, 2.05) is 18.3 Å². The lowest BCUT2D eigenvalue weighted by Gasteiger charge is -2.35. The number of carbonyl (C=O) groups is 1. The molecule has 78 valence electrons. The summed E-state index contributed by atoms with van der Waals surface area (Å²) in [5, 5.41) is 15.0. The number of aliphatic carboxylic acids is 1. The maximum absolute atomic E-state index is 10.7. The number of fused-ring (bicyclic) bond motifs is 1. The molecule has 0 radical (unpaired) electrons. The minimum Gasteiger partial charge on any atom is -0.481 e. The van der Waals surface area contributed by atoms with Crippen molar-refractivity contribution in [2.24, 2.45) is 16.9 Å². The van der Waals surface area contributed by atoms with E-state index in [-0.39, 0.29) is 12.3 Å². The average molecular weight is 196 g/mol. The van der Waals surface area contributed by atoms with Crippen molar-refractivity contribution in [1.29, 1.82) is 0 Å². The molecule has 4 nitrogen and oxygen atoms in total. The standard InChI is InChI=1S/C10H16N2O2/c1-12-10-7(5-9(13)14)3-2-4-8(10)6-11-12/h6-8,10H,2-5H2,1H3,(H,13,14). The van der Waals surface area contributed by atoms with E-state index in [2.05, 4.69) is 5.10 Å². The Kier molecular flexibility index (Phi) is 2.44. The molecule has 0 saturated heterocycles. The Morgan fingerprint density at radius 1 is 1.64 bits per heavy atom. The predicted octanol–water partition coefficient (Wildman–Crippen LogP) is 1.18. The highest BCUT2D eigenvalue weighted by Crippen LogP contribution is 2.36. The highest BCUT2D eigenvalue weighted by molar-refractivity contribution is 5.68. The van der Waals surface area contributed by atoms with Crippen molar-refractivity contribution in [3.8, 4) is 0 Å². The fourth-order valence-corrected chi connectivity index (χ4v) is 2.77. The maximum atomic E-state index is 10.7. The second-order valence-electron chi connectivity index (χ2n) is 4.28. The first-order valence-electron chi connectivity index (χ1n) is 5.17. The SMILES string of the molecule is CN1N=CC2CCCC(CC(=O)O)C21. The van der Waals surface area contributed by atoms with Gasteiger partial charge in [-0.1, -0.05) is 6.42 Å². The Morgan fingerprint density at radius 3 is 3.14 bits per heavy atom. The highest BCUT2D eigenvalue weighted by atomic mass is 16.4. The molecule has 1 heterocycles. The summed E-state index contributed by atoms with van der Waals surface area (Å²) in [5.74, 6) is 0.0767. The molecule has 0 spiro atoms. The van der Waals surface area contributed by atoms with E-state index in [1.165, 1.54) is 0 Å². The van der Waals surface area contributed by atoms with E-state index < -0.39 is 5.97 Å². The van der Waals surface area contributed by atoms with Crippen molar-refractivity contribution in [2.75, 3.05) is 7.05 Å². The number of carboxylic acids is 1. The number of hydrogen-bond donors (Lipinski definition) is 1. The summed E-state index contributed by atoms with van der Waals surface area (Å²) >= 11 is 0. The molecule has 2 rings (SSSR count). The van der Waals surface area contributed by atoms with Crippen LogP contribution < -0.4 is 0 Å². The number of hydrazone groups is 1. The van der Waals surface area contributed by atoms with E-state index in [9.17, 15) is 4.79 Å². The van der Waals surface area contributed by atoms with Crippen LogP contribution in [-0.4, -0.2) is 35.4 Å². The van der Waals surface area contributed by atoms with Gasteiger partial charge in [0.25, 0.3) is 0 Å². The van der Waals surface area contributed by atoms with Gasteiger partial charge in [-0.15, -0.1) is 0 Å². The van der Waals surface area contributed by atoms with Gasteiger partial charge in [-0.3, -0.25) is 9.80 Å². The van der Waals surface area contributed by atoms with Crippen LogP contribution in [0.3, 0.4) is 0 Å². The molecule has 0 aromatic rings. The van der Waals surface area contributed by atoms with E-state index in [1.54, 1.807) is 0 Å². The first kappa shape index (κ1) is 9.49. The van der Waals surface area contributed by atoms with Crippen LogP contribution in [0.4, 0.5) is 0 Å². The molecule has 0 aromatic carbocycles. The van der Waals surface area contributed by atoms with Gasteiger partial charge in [-0.25, -0.2) is 0 Å². The third-order valence-electron chi connectivity index (χ3n) is 3.34. The number of rotatable bonds is 2. The van der Waals surface area contributed by atoms with Crippen molar-refractivity contribution in [2.45, 2.75) is 31.7 Å². The van der Waals surface area contributed by atoms with Gasteiger partial charge in [0.1, 0.15) is 0 Å². The van der Waals surface area contributed by atoms with Gasteiger partial charge < -0.3 is 5.11 Å². The number of hydrogen-bond acceptors (Lipinski definition) is 3. The lowest BCUT2D eigenvalue weighted by atomic mass is 9.76. The lowest BCUT2D eigenvalue weighted by molar-refractivity contribution is -0.139. The van der Waals surface area contributed by atoms with Gasteiger partial charge in [0, 0.05) is 19.2 Å². The molecule has 1 N–H and O–H groups in total. The molecule has 0 amide bonds. The smallest absolute Gasteiger partial charge is 0.303 e. The van der Waals surface area contributed by atoms with E-state index in [0.29, 0.717) is 12.0 Å². The highest BCUT2D eigenvalue weighted by Gasteiger charge is 2.38. The maximum Gasteiger partial charge on any atom is 0.303 e. The van der Waals surface area contributed by atoms with Crippen molar-refractivity contribution in [3.05, 3.63) is 0 Å². The molecular formula is C10H16N2O2. The topological polar surface area (TPSA) is 52.9 Å². The van der Waals surface area contributed by atoms with Gasteiger partial charge in [0.15, 0.2) is 0 Å². The molecule has 2 aliphatic rings. The Labute approximate surface area is 83.6 Å². The second-order valence-corrected chi connectivity index (χ2v) is 4.28. The van der Waals surface area contributed by atoms with Gasteiger partial charge in [-0.05, 0) is 18.8 Å². The van der Waals surface area contributed by atoms with Gasteiger partial charge >= 0.3 is 5.97 Å². The normalized spacial score (nSPS) is 35.8. The average Bonchev–Trinajstić information content (AvgIpc) is 2.48. The summed E-state index contributed by atoms with van der Waals surface area (Å²) in [6.45, 7) is 0. The van der Waals surface area contributed by atoms with Crippen molar-refractivity contribution in [3.63, 3.8) is 0 Å². The van der Waals surface area contributed by atoms with Crippen LogP contribution in [0.15, 0.2) is 5.10 Å². The van der Waals surface area contributed by atoms with Crippen LogP contribution in [0.25, 0.3) is 0 Å². The third-order valence-corrected chi connectivity index (χ3v) is 3.34. The summed E-state index contributed by atoms with van der Waals surface area (Å²) in [7, 11) is 1.95. The van der Waals surface area contributed by atoms with E-state index in [4.69, 9.17) is 5.11 Å². The van der Waals surface area contributed by atoms with Gasteiger partial charge in [0.05, 0.1) is 12.5 Å². The van der Waals surface area contributed by atoms with Crippen LogP contribution in [0, 0.1) is 11.8 Å². The molecule has 1 fully saturated rings. The van der Waals surface area contributed by atoms with Crippen molar-refractivity contribution in [1.82, 2.24) is 5.01 Å². The minimum absolute atomic E-state index is 0.277. The zero-order valence-electron chi connectivity index (χ0n) is 8.39. The molecule has 0 aromatic heterocycles. The van der Waals surface area contributed by atoms with Crippen LogP contribution in [-0.2, 0) is 4.79 Å².